The number of nitrogens with zero attached hydrogens (tertiary/aromatic N) is 2. The van der Waals surface area contributed by atoms with Gasteiger partial charge in [0.05, 0.1) is 6.61 Å². The molecule has 1 aliphatic carbocycles. The van der Waals surface area contributed by atoms with Gasteiger partial charge in [-0.25, -0.2) is 0 Å². The van der Waals surface area contributed by atoms with Crippen molar-refractivity contribution < 1.29 is 9.53 Å². The van der Waals surface area contributed by atoms with E-state index in [1.807, 2.05) is 11.3 Å². The largest absolute Gasteiger partial charge is 0.494 e. The molecular formula is C27H38N2O2S. The maximum Gasteiger partial charge on any atom is 0.225 e. The van der Waals surface area contributed by atoms with Crippen LogP contribution in [0.15, 0.2) is 41.8 Å². The Bertz CT molecular complexity index is 815. The van der Waals surface area contributed by atoms with Gasteiger partial charge in [-0.15, -0.1) is 11.3 Å². The molecule has 1 atom stereocenters. The normalized spacial score (nSPS) is 19.9. The third-order valence-electron chi connectivity index (χ3n) is 6.97. The number of rotatable bonds is 9. The van der Waals surface area contributed by atoms with Crippen LogP contribution in [0.2, 0.25) is 0 Å². The molecule has 0 bridgehead atoms. The zero-order valence-electron chi connectivity index (χ0n) is 19.5. The van der Waals surface area contributed by atoms with Crippen molar-refractivity contribution in [1.82, 2.24) is 9.80 Å². The second-order valence-corrected chi connectivity index (χ2v) is 10.6. The van der Waals surface area contributed by atoms with Gasteiger partial charge in [0, 0.05) is 42.9 Å². The van der Waals surface area contributed by atoms with E-state index in [2.05, 4.69) is 58.6 Å². The average molecular weight is 455 g/mol. The molecule has 1 aliphatic heterocycles. The smallest absolute Gasteiger partial charge is 0.225 e. The number of benzene rings is 1. The highest BCUT2D eigenvalue weighted by Gasteiger charge is 2.31. The zero-order valence-corrected chi connectivity index (χ0v) is 20.3. The van der Waals surface area contributed by atoms with Gasteiger partial charge < -0.3 is 9.64 Å². The van der Waals surface area contributed by atoms with Crippen LogP contribution < -0.4 is 4.74 Å². The SMILES string of the molecule is CN(Cc1ccc(OCC[C@H]2CCCCN2C(=O)C2CCCCC2)cc1)Cc1cccs1. The van der Waals surface area contributed by atoms with E-state index in [-0.39, 0.29) is 5.92 Å². The van der Waals surface area contributed by atoms with E-state index in [1.165, 1.54) is 36.1 Å². The fourth-order valence-electron chi connectivity index (χ4n) is 5.21. The number of hydrogen-bond donors (Lipinski definition) is 0. The minimum absolute atomic E-state index is 0.274. The Morgan fingerprint density at radius 2 is 1.81 bits per heavy atom. The fourth-order valence-corrected chi connectivity index (χ4v) is 6.00. The lowest BCUT2D eigenvalue weighted by molar-refractivity contribution is -0.140. The van der Waals surface area contributed by atoms with Gasteiger partial charge in [-0.3, -0.25) is 9.69 Å². The van der Waals surface area contributed by atoms with Gasteiger partial charge in [0.2, 0.25) is 5.91 Å². The van der Waals surface area contributed by atoms with Crippen LogP contribution in [-0.2, 0) is 17.9 Å². The number of carbonyl (C=O) groups excluding carboxylic acids is 1. The first-order valence-electron chi connectivity index (χ1n) is 12.4. The number of thiophene rings is 1. The summed E-state index contributed by atoms with van der Waals surface area (Å²) in [4.78, 5) is 19.0. The molecule has 2 aliphatic rings. The van der Waals surface area contributed by atoms with Gasteiger partial charge in [0.1, 0.15) is 5.75 Å². The molecule has 1 aromatic heterocycles. The molecule has 174 valence electrons. The third-order valence-corrected chi connectivity index (χ3v) is 7.83. The van der Waals surface area contributed by atoms with Crippen molar-refractivity contribution in [2.75, 3.05) is 20.2 Å². The molecule has 2 fully saturated rings. The second kappa shape index (κ2) is 11.9. The van der Waals surface area contributed by atoms with Crippen molar-refractivity contribution in [3.63, 3.8) is 0 Å². The first-order chi connectivity index (χ1) is 15.7. The number of amides is 1. The summed E-state index contributed by atoms with van der Waals surface area (Å²) in [6.07, 6.45) is 10.4. The zero-order chi connectivity index (χ0) is 22.2. The molecule has 0 spiro atoms. The number of hydrogen-bond acceptors (Lipinski definition) is 4. The van der Waals surface area contributed by atoms with Gasteiger partial charge >= 0.3 is 0 Å². The molecule has 0 N–H and O–H groups in total. The Balaban J connectivity index is 1.22. The summed E-state index contributed by atoms with van der Waals surface area (Å²) in [5.41, 5.74) is 1.30. The first kappa shape index (κ1) is 23.3. The highest BCUT2D eigenvalue weighted by molar-refractivity contribution is 7.09. The van der Waals surface area contributed by atoms with E-state index in [1.54, 1.807) is 0 Å². The molecule has 1 aromatic carbocycles. The molecular weight excluding hydrogens is 416 g/mol. The number of likely N-dealkylation sites (tertiary alicyclic amines) is 1. The summed E-state index contributed by atoms with van der Waals surface area (Å²) < 4.78 is 6.08. The van der Waals surface area contributed by atoms with E-state index in [4.69, 9.17) is 4.74 Å². The topological polar surface area (TPSA) is 32.8 Å². The van der Waals surface area contributed by atoms with Gasteiger partial charge in [-0.2, -0.15) is 0 Å². The summed E-state index contributed by atoms with van der Waals surface area (Å²) >= 11 is 1.81. The third kappa shape index (κ3) is 6.58. The lowest BCUT2D eigenvalue weighted by Crippen LogP contribution is -2.47. The monoisotopic (exact) mass is 454 g/mol. The van der Waals surface area contributed by atoms with Crippen LogP contribution in [0.5, 0.6) is 5.75 Å². The van der Waals surface area contributed by atoms with Crippen molar-refractivity contribution in [2.45, 2.75) is 76.9 Å². The van der Waals surface area contributed by atoms with E-state index in [9.17, 15) is 4.79 Å². The van der Waals surface area contributed by atoms with Gasteiger partial charge in [-0.05, 0) is 68.3 Å². The predicted molar refractivity (Wildman–Crippen MR) is 132 cm³/mol. The van der Waals surface area contributed by atoms with Crippen LogP contribution in [0.25, 0.3) is 0 Å². The lowest BCUT2D eigenvalue weighted by atomic mass is 9.87. The fraction of sp³-hybridized carbons (Fsp3) is 0.593. The van der Waals surface area contributed by atoms with E-state index < -0.39 is 0 Å². The van der Waals surface area contributed by atoms with Crippen LogP contribution in [-0.4, -0.2) is 41.9 Å². The highest BCUT2D eigenvalue weighted by atomic mass is 32.1. The van der Waals surface area contributed by atoms with E-state index in [0.29, 0.717) is 18.6 Å². The highest BCUT2D eigenvalue weighted by Crippen LogP contribution is 2.29. The molecule has 2 heterocycles. The van der Waals surface area contributed by atoms with E-state index >= 15 is 0 Å². The Morgan fingerprint density at radius 1 is 1.03 bits per heavy atom. The van der Waals surface area contributed by atoms with Gasteiger partial charge in [-0.1, -0.05) is 37.5 Å². The quantitative estimate of drug-likeness (QED) is 0.458. The molecule has 2 aromatic rings. The van der Waals surface area contributed by atoms with Crippen LogP contribution in [0.4, 0.5) is 0 Å². The van der Waals surface area contributed by atoms with Gasteiger partial charge in [0.25, 0.3) is 0 Å². The minimum Gasteiger partial charge on any atom is -0.494 e. The Morgan fingerprint density at radius 3 is 2.56 bits per heavy atom. The standard InChI is InChI=1S/C27H38N2O2S/c1-28(21-26-11-7-19-32-26)20-22-12-14-25(15-13-22)31-18-16-24-10-5-6-17-29(24)27(30)23-8-3-2-4-9-23/h7,11-15,19,23-24H,2-6,8-10,16-18,20-21H2,1H3/t24-/m1/s1. The van der Waals surface area contributed by atoms with Crippen molar-refractivity contribution in [2.24, 2.45) is 5.92 Å². The van der Waals surface area contributed by atoms with Crippen molar-refractivity contribution >= 4 is 17.2 Å². The summed E-state index contributed by atoms with van der Waals surface area (Å²) in [5, 5.41) is 2.13. The molecule has 0 unspecified atom stereocenters. The van der Waals surface area contributed by atoms with Crippen molar-refractivity contribution in [1.29, 1.82) is 0 Å². The Labute approximate surface area is 197 Å². The maximum absolute atomic E-state index is 13.1. The number of ether oxygens (including phenoxy) is 1. The average Bonchev–Trinajstić information content (AvgIpc) is 3.33. The molecule has 1 saturated heterocycles. The number of piperidine rings is 1. The molecule has 4 nitrogen and oxygen atoms in total. The lowest BCUT2D eigenvalue weighted by Gasteiger charge is -2.38. The molecule has 0 radical (unpaired) electrons. The Kier molecular flexibility index (Phi) is 8.63. The van der Waals surface area contributed by atoms with Crippen LogP contribution >= 0.6 is 11.3 Å². The maximum atomic E-state index is 13.1. The summed E-state index contributed by atoms with van der Waals surface area (Å²) in [5.74, 6) is 1.62. The summed E-state index contributed by atoms with van der Waals surface area (Å²) in [6, 6.07) is 13.1. The molecule has 5 heteroatoms. The Hall–Kier alpha value is -1.85. The first-order valence-corrected chi connectivity index (χ1v) is 13.3. The molecule has 1 saturated carbocycles. The second-order valence-electron chi connectivity index (χ2n) is 9.55. The molecule has 1 amide bonds. The van der Waals surface area contributed by atoms with E-state index in [0.717, 1.165) is 57.5 Å². The summed E-state index contributed by atoms with van der Waals surface area (Å²) in [6.45, 7) is 3.52. The van der Waals surface area contributed by atoms with Gasteiger partial charge in [0.15, 0.2) is 0 Å². The molecule has 32 heavy (non-hydrogen) atoms. The van der Waals surface area contributed by atoms with Crippen LogP contribution in [0.1, 0.15) is 68.2 Å². The predicted octanol–water partition coefficient (Wildman–Crippen LogP) is 6.11. The van der Waals surface area contributed by atoms with Crippen LogP contribution in [0, 0.1) is 5.92 Å². The molecule has 4 rings (SSSR count). The van der Waals surface area contributed by atoms with Crippen molar-refractivity contribution in [3.8, 4) is 5.75 Å². The summed E-state index contributed by atoms with van der Waals surface area (Å²) in [7, 11) is 2.16. The van der Waals surface area contributed by atoms with Crippen molar-refractivity contribution in [3.05, 3.63) is 52.2 Å². The van der Waals surface area contributed by atoms with Crippen LogP contribution in [0.3, 0.4) is 0 Å². The minimum atomic E-state index is 0.274. The number of carbonyl (C=O) groups is 1.